The summed E-state index contributed by atoms with van der Waals surface area (Å²) in [5.74, 6) is 0. The Morgan fingerprint density at radius 3 is 2.90 bits per heavy atom. The SMILES string of the molecule is c1ccc(-c2n[nH]c3c2CN(Cc2ccoc2)CC3)cc1. The van der Waals surface area contributed by atoms with Crippen LogP contribution in [0.2, 0.25) is 0 Å². The van der Waals surface area contributed by atoms with Crippen LogP contribution < -0.4 is 0 Å². The average Bonchev–Trinajstić information content (AvgIpc) is 3.17. The van der Waals surface area contributed by atoms with Crippen molar-refractivity contribution in [2.75, 3.05) is 6.54 Å². The van der Waals surface area contributed by atoms with Gasteiger partial charge < -0.3 is 4.42 Å². The number of aromatic nitrogens is 2. The standard InChI is InChI=1S/C17H17N3O/c1-2-4-14(5-3-1)17-15-11-20(8-6-16(15)18-19-17)10-13-7-9-21-12-13/h1-5,7,9,12H,6,8,10-11H2,(H,18,19). The minimum absolute atomic E-state index is 0.926. The highest BCUT2D eigenvalue weighted by Crippen LogP contribution is 2.28. The summed E-state index contributed by atoms with van der Waals surface area (Å²) in [7, 11) is 0. The van der Waals surface area contributed by atoms with Crippen molar-refractivity contribution in [2.24, 2.45) is 0 Å². The van der Waals surface area contributed by atoms with Crippen molar-refractivity contribution < 1.29 is 4.42 Å². The Bertz CT molecular complexity index is 716. The molecule has 4 heteroatoms. The van der Waals surface area contributed by atoms with Gasteiger partial charge in [0, 0.05) is 48.4 Å². The first-order chi connectivity index (χ1) is 10.4. The Kier molecular flexibility index (Phi) is 3.09. The van der Waals surface area contributed by atoms with Gasteiger partial charge in [-0.15, -0.1) is 0 Å². The van der Waals surface area contributed by atoms with Crippen LogP contribution >= 0.6 is 0 Å². The van der Waals surface area contributed by atoms with Gasteiger partial charge in [0.1, 0.15) is 0 Å². The van der Waals surface area contributed by atoms with Gasteiger partial charge >= 0.3 is 0 Å². The summed E-state index contributed by atoms with van der Waals surface area (Å²) in [5, 5.41) is 7.74. The summed E-state index contributed by atoms with van der Waals surface area (Å²) in [6, 6.07) is 12.4. The van der Waals surface area contributed by atoms with Gasteiger partial charge in [0.05, 0.1) is 18.2 Å². The van der Waals surface area contributed by atoms with E-state index >= 15 is 0 Å². The molecule has 0 atom stereocenters. The first-order valence-electron chi connectivity index (χ1n) is 7.25. The van der Waals surface area contributed by atoms with E-state index in [0.717, 1.165) is 31.7 Å². The highest BCUT2D eigenvalue weighted by atomic mass is 16.3. The molecule has 0 saturated carbocycles. The Morgan fingerprint density at radius 2 is 2.10 bits per heavy atom. The molecular formula is C17H17N3O. The molecule has 3 heterocycles. The highest BCUT2D eigenvalue weighted by Gasteiger charge is 2.22. The normalized spacial score (nSPS) is 15.0. The summed E-state index contributed by atoms with van der Waals surface area (Å²) in [6.45, 7) is 2.91. The third-order valence-corrected chi connectivity index (χ3v) is 4.05. The van der Waals surface area contributed by atoms with Gasteiger partial charge in [0.25, 0.3) is 0 Å². The van der Waals surface area contributed by atoms with E-state index in [9.17, 15) is 0 Å². The van der Waals surface area contributed by atoms with Gasteiger partial charge in [0.15, 0.2) is 0 Å². The number of H-pyrrole nitrogens is 1. The topological polar surface area (TPSA) is 45.1 Å². The Labute approximate surface area is 123 Å². The van der Waals surface area contributed by atoms with E-state index in [2.05, 4.69) is 39.4 Å². The zero-order valence-electron chi connectivity index (χ0n) is 11.7. The third-order valence-electron chi connectivity index (χ3n) is 4.05. The van der Waals surface area contributed by atoms with Gasteiger partial charge in [-0.05, 0) is 6.07 Å². The van der Waals surface area contributed by atoms with Crippen LogP contribution in [-0.2, 0) is 19.5 Å². The quantitative estimate of drug-likeness (QED) is 0.800. The summed E-state index contributed by atoms with van der Waals surface area (Å²) in [4.78, 5) is 2.44. The second-order valence-corrected chi connectivity index (χ2v) is 5.49. The first-order valence-corrected chi connectivity index (χ1v) is 7.25. The molecule has 2 aromatic heterocycles. The fraction of sp³-hybridized carbons (Fsp3) is 0.235. The van der Waals surface area contributed by atoms with E-state index < -0.39 is 0 Å². The van der Waals surface area contributed by atoms with Crippen molar-refractivity contribution >= 4 is 0 Å². The second kappa shape index (κ2) is 5.22. The summed E-state index contributed by atoms with van der Waals surface area (Å²) < 4.78 is 5.16. The number of hydrogen-bond donors (Lipinski definition) is 1. The predicted molar refractivity (Wildman–Crippen MR) is 80.5 cm³/mol. The maximum Gasteiger partial charge on any atom is 0.0968 e. The van der Waals surface area contributed by atoms with Gasteiger partial charge in [-0.3, -0.25) is 10.00 Å². The van der Waals surface area contributed by atoms with E-state index in [1.807, 2.05) is 18.4 Å². The van der Waals surface area contributed by atoms with E-state index in [0.29, 0.717) is 0 Å². The van der Waals surface area contributed by atoms with Crippen LogP contribution in [0.5, 0.6) is 0 Å². The van der Waals surface area contributed by atoms with Crippen LogP contribution in [0.4, 0.5) is 0 Å². The molecule has 0 aliphatic carbocycles. The van der Waals surface area contributed by atoms with E-state index in [-0.39, 0.29) is 0 Å². The lowest BCUT2D eigenvalue weighted by atomic mass is 10.0. The fourth-order valence-electron chi connectivity index (χ4n) is 2.96. The summed E-state index contributed by atoms with van der Waals surface area (Å²) in [5.41, 5.74) is 6.10. The molecule has 1 aliphatic heterocycles. The van der Waals surface area contributed by atoms with Crippen molar-refractivity contribution in [3.8, 4) is 11.3 Å². The van der Waals surface area contributed by atoms with Crippen molar-refractivity contribution in [3.05, 3.63) is 65.7 Å². The molecule has 3 aromatic rings. The van der Waals surface area contributed by atoms with E-state index in [1.165, 1.54) is 22.4 Å². The summed E-state index contributed by atoms with van der Waals surface area (Å²) >= 11 is 0. The van der Waals surface area contributed by atoms with Gasteiger partial charge in [-0.2, -0.15) is 5.10 Å². The zero-order valence-corrected chi connectivity index (χ0v) is 11.7. The lowest BCUT2D eigenvalue weighted by Gasteiger charge is -2.26. The number of aromatic amines is 1. The summed E-state index contributed by atoms with van der Waals surface area (Å²) in [6.07, 6.45) is 4.58. The average molecular weight is 279 g/mol. The van der Waals surface area contributed by atoms with E-state index in [1.54, 1.807) is 6.26 Å². The lowest BCUT2D eigenvalue weighted by Crippen LogP contribution is -2.29. The monoisotopic (exact) mass is 279 g/mol. The Balaban J connectivity index is 1.61. The van der Waals surface area contributed by atoms with Gasteiger partial charge in [-0.1, -0.05) is 30.3 Å². The molecule has 0 saturated heterocycles. The number of nitrogens with zero attached hydrogens (tertiary/aromatic N) is 2. The maximum absolute atomic E-state index is 5.16. The van der Waals surface area contributed by atoms with Crippen LogP contribution in [0, 0.1) is 0 Å². The van der Waals surface area contributed by atoms with Crippen molar-refractivity contribution in [2.45, 2.75) is 19.5 Å². The molecule has 0 amide bonds. The third kappa shape index (κ3) is 2.38. The first kappa shape index (κ1) is 12.4. The molecule has 21 heavy (non-hydrogen) atoms. The Hall–Kier alpha value is -2.33. The molecular weight excluding hydrogens is 262 g/mol. The molecule has 4 rings (SSSR count). The molecule has 0 fully saturated rings. The molecule has 0 radical (unpaired) electrons. The molecule has 1 aliphatic rings. The largest absolute Gasteiger partial charge is 0.472 e. The lowest BCUT2D eigenvalue weighted by molar-refractivity contribution is 0.244. The predicted octanol–water partition coefficient (Wildman–Crippen LogP) is 3.23. The number of nitrogens with one attached hydrogen (secondary N) is 1. The number of fused-ring (bicyclic) bond motifs is 1. The van der Waals surface area contributed by atoms with Crippen LogP contribution in [-0.4, -0.2) is 21.6 Å². The second-order valence-electron chi connectivity index (χ2n) is 5.49. The number of hydrogen-bond acceptors (Lipinski definition) is 3. The molecule has 4 nitrogen and oxygen atoms in total. The van der Waals surface area contributed by atoms with Gasteiger partial charge in [-0.25, -0.2) is 0 Å². The van der Waals surface area contributed by atoms with Gasteiger partial charge in [0.2, 0.25) is 0 Å². The Morgan fingerprint density at radius 1 is 1.19 bits per heavy atom. The van der Waals surface area contributed by atoms with Crippen molar-refractivity contribution in [1.82, 2.24) is 15.1 Å². The number of rotatable bonds is 3. The molecule has 0 spiro atoms. The van der Waals surface area contributed by atoms with Crippen LogP contribution in [0.3, 0.4) is 0 Å². The zero-order chi connectivity index (χ0) is 14.1. The fourth-order valence-corrected chi connectivity index (χ4v) is 2.96. The van der Waals surface area contributed by atoms with Crippen LogP contribution in [0.15, 0.2) is 53.3 Å². The maximum atomic E-state index is 5.16. The highest BCUT2D eigenvalue weighted by molar-refractivity contribution is 5.64. The van der Waals surface area contributed by atoms with Crippen molar-refractivity contribution in [1.29, 1.82) is 0 Å². The minimum atomic E-state index is 0.926. The molecule has 1 N–H and O–H groups in total. The number of furan rings is 1. The molecule has 1 aromatic carbocycles. The van der Waals surface area contributed by atoms with Crippen molar-refractivity contribution in [3.63, 3.8) is 0 Å². The minimum Gasteiger partial charge on any atom is -0.472 e. The number of benzene rings is 1. The van der Waals surface area contributed by atoms with Crippen LogP contribution in [0.1, 0.15) is 16.8 Å². The van der Waals surface area contributed by atoms with E-state index in [4.69, 9.17) is 4.42 Å². The smallest absolute Gasteiger partial charge is 0.0968 e. The van der Waals surface area contributed by atoms with Crippen LogP contribution in [0.25, 0.3) is 11.3 Å². The molecule has 106 valence electrons. The molecule has 0 bridgehead atoms. The molecule has 0 unspecified atom stereocenters.